The molecule has 0 unspecified atom stereocenters. The predicted octanol–water partition coefficient (Wildman–Crippen LogP) is -1.17. The Kier molecular flexibility index (Phi) is 12.4. The van der Waals surface area contributed by atoms with Crippen molar-refractivity contribution < 1.29 is 32.7 Å². The van der Waals surface area contributed by atoms with Crippen LogP contribution in [0.2, 0.25) is 0 Å². The zero-order chi connectivity index (χ0) is 10.1. The molecule has 6 nitrogen and oxygen atoms in total. The summed E-state index contributed by atoms with van der Waals surface area (Å²) >= 11 is 8.98. The Morgan fingerprint density at radius 1 is 1.07 bits per heavy atom. The molecular weight excluding hydrogens is 297 g/mol. The Hall–Kier alpha value is -0.306. The smallest absolute Gasteiger partial charge is 0.184 e. The zero-order valence-corrected chi connectivity index (χ0v) is 11.6. The summed E-state index contributed by atoms with van der Waals surface area (Å²) in [5.74, 6) is 0. The topological polar surface area (TPSA) is 101 Å². The van der Waals surface area contributed by atoms with Crippen molar-refractivity contribution in [2.24, 2.45) is 21.7 Å². The number of rotatable bonds is 4. The number of thiocarbonyl (C=S) groups is 2. The standard InChI is InChI=1S/C5H9N6S2.Y/c6-4(12)10-8-2-1-3-9-11-5(7)13;/h1-3H,(H3,6,10,12)(H3,7,11,13);/q-1;/b8-2+,9-3+;. The van der Waals surface area contributed by atoms with E-state index in [-0.39, 0.29) is 42.9 Å². The number of nitrogens with one attached hydrogen (secondary N) is 2. The van der Waals surface area contributed by atoms with Crippen molar-refractivity contribution in [2.75, 3.05) is 0 Å². The fourth-order valence-corrected chi connectivity index (χ4v) is 0.432. The van der Waals surface area contributed by atoms with Gasteiger partial charge in [-0.2, -0.15) is 0 Å². The van der Waals surface area contributed by atoms with Crippen LogP contribution in [0.15, 0.2) is 10.2 Å². The number of hydrogen-bond donors (Lipinski definition) is 4. The Bertz CT molecular complexity index is 216. The van der Waals surface area contributed by atoms with Gasteiger partial charge in [0.15, 0.2) is 10.2 Å². The van der Waals surface area contributed by atoms with Crippen molar-refractivity contribution in [3.8, 4) is 0 Å². The molecule has 75 valence electrons. The fraction of sp³-hybridized carbons (Fsp3) is 0. The van der Waals surface area contributed by atoms with Gasteiger partial charge in [0.2, 0.25) is 0 Å². The number of hydrazone groups is 2. The summed E-state index contributed by atoms with van der Waals surface area (Å²) in [6.45, 7) is 0. The molecule has 0 atom stereocenters. The van der Waals surface area contributed by atoms with Crippen LogP contribution in [0, 0.1) is 6.42 Å². The van der Waals surface area contributed by atoms with Gasteiger partial charge in [-0.25, -0.2) is 10.2 Å². The molecule has 0 spiro atoms. The molecule has 0 bridgehead atoms. The minimum absolute atomic E-state index is 0. The van der Waals surface area contributed by atoms with E-state index in [0.29, 0.717) is 0 Å². The van der Waals surface area contributed by atoms with Crippen molar-refractivity contribution in [1.29, 1.82) is 0 Å². The van der Waals surface area contributed by atoms with E-state index in [0.717, 1.165) is 0 Å². The maximum absolute atomic E-state index is 5.09. The Morgan fingerprint density at radius 3 is 1.71 bits per heavy atom. The zero-order valence-electron chi connectivity index (χ0n) is 7.18. The van der Waals surface area contributed by atoms with Crippen molar-refractivity contribution in [1.82, 2.24) is 10.9 Å². The van der Waals surface area contributed by atoms with Crippen molar-refractivity contribution >= 4 is 47.1 Å². The van der Waals surface area contributed by atoms with Crippen LogP contribution in [0.4, 0.5) is 0 Å². The second-order valence-electron chi connectivity index (χ2n) is 1.70. The minimum atomic E-state index is 0. The third-order valence-corrected chi connectivity index (χ3v) is 0.853. The van der Waals surface area contributed by atoms with Crippen molar-refractivity contribution in [3.63, 3.8) is 0 Å². The van der Waals surface area contributed by atoms with Gasteiger partial charge in [-0.3, -0.25) is 10.9 Å². The van der Waals surface area contributed by atoms with Gasteiger partial charge in [-0.15, -0.1) is 12.4 Å². The maximum Gasteiger partial charge on any atom is 0.184 e. The molecule has 0 aromatic carbocycles. The van der Waals surface area contributed by atoms with Gasteiger partial charge < -0.3 is 17.9 Å². The average molecular weight is 306 g/mol. The second kappa shape index (κ2) is 10.8. The van der Waals surface area contributed by atoms with Gasteiger partial charge in [0.25, 0.3) is 0 Å². The molecule has 1 radical (unpaired) electrons. The minimum Gasteiger partial charge on any atom is -0.375 e. The Labute approximate surface area is 118 Å². The first-order chi connectivity index (χ1) is 6.13. The van der Waals surface area contributed by atoms with E-state index in [4.69, 9.17) is 11.5 Å². The molecule has 0 aliphatic carbocycles. The van der Waals surface area contributed by atoms with Gasteiger partial charge in [0, 0.05) is 32.7 Å². The van der Waals surface area contributed by atoms with Crippen molar-refractivity contribution in [2.45, 2.75) is 0 Å². The average Bonchev–Trinajstić information content (AvgIpc) is 2.01. The SMILES string of the molecule is NC(=S)N/N=C/[CH-]/C=N/NC(N)=S.[Y]. The number of nitrogens with zero attached hydrogens (tertiary/aromatic N) is 2. The second-order valence-corrected chi connectivity index (χ2v) is 2.58. The summed E-state index contributed by atoms with van der Waals surface area (Å²) in [5, 5.41) is 7.42. The van der Waals surface area contributed by atoms with Crippen LogP contribution < -0.4 is 22.3 Å². The van der Waals surface area contributed by atoms with Gasteiger partial charge in [0.05, 0.1) is 0 Å². The quantitative estimate of drug-likeness (QED) is 0.226. The van der Waals surface area contributed by atoms with Gasteiger partial charge in [-0.1, -0.05) is 0 Å². The molecule has 0 aromatic rings. The number of nitrogens with two attached hydrogens (primary N) is 2. The molecule has 0 amide bonds. The van der Waals surface area contributed by atoms with Crippen LogP contribution in [0.5, 0.6) is 0 Å². The van der Waals surface area contributed by atoms with Crippen LogP contribution in [0.3, 0.4) is 0 Å². The van der Waals surface area contributed by atoms with Crippen molar-refractivity contribution in [3.05, 3.63) is 6.42 Å². The summed E-state index contributed by atoms with van der Waals surface area (Å²) in [4.78, 5) is 0. The Balaban J connectivity index is 0. The van der Waals surface area contributed by atoms with Crippen LogP contribution in [0.1, 0.15) is 0 Å². The third kappa shape index (κ3) is 14.2. The molecule has 0 aliphatic rings. The summed E-state index contributed by atoms with van der Waals surface area (Å²) in [5.41, 5.74) is 14.9. The normalized spacial score (nSPS) is 9.43. The first-order valence-corrected chi connectivity index (χ1v) is 3.93. The van der Waals surface area contributed by atoms with Crippen LogP contribution in [-0.2, 0) is 32.7 Å². The van der Waals surface area contributed by atoms with E-state index in [2.05, 4.69) is 45.5 Å². The number of hydrogen-bond acceptors (Lipinski definition) is 4. The van der Waals surface area contributed by atoms with E-state index in [9.17, 15) is 0 Å². The fourth-order valence-electron chi connectivity index (χ4n) is 0.326. The van der Waals surface area contributed by atoms with E-state index in [1.165, 1.54) is 18.9 Å². The third-order valence-electron chi connectivity index (χ3n) is 0.671. The van der Waals surface area contributed by atoms with E-state index in [1.54, 1.807) is 0 Å². The first-order valence-electron chi connectivity index (χ1n) is 3.12. The van der Waals surface area contributed by atoms with Crippen LogP contribution >= 0.6 is 24.4 Å². The molecule has 14 heavy (non-hydrogen) atoms. The molecular formula is C5H9N6S2Y-. The monoisotopic (exact) mass is 306 g/mol. The molecule has 6 N–H and O–H groups in total. The van der Waals surface area contributed by atoms with Gasteiger partial charge in [0.1, 0.15) is 0 Å². The Morgan fingerprint density at radius 2 is 1.43 bits per heavy atom. The van der Waals surface area contributed by atoms with E-state index < -0.39 is 0 Å². The molecule has 0 aliphatic heterocycles. The summed E-state index contributed by atoms with van der Waals surface area (Å²) < 4.78 is 0. The molecule has 9 heteroatoms. The van der Waals surface area contributed by atoms with E-state index >= 15 is 0 Å². The molecule has 0 rings (SSSR count). The summed E-state index contributed by atoms with van der Waals surface area (Å²) in [6.07, 6.45) is 4.38. The largest absolute Gasteiger partial charge is 0.375 e. The van der Waals surface area contributed by atoms with Crippen LogP contribution in [0.25, 0.3) is 0 Å². The molecule has 0 aromatic heterocycles. The summed E-state index contributed by atoms with van der Waals surface area (Å²) in [7, 11) is 0. The van der Waals surface area contributed by atoms with E-state index in [1.807, 2.05) is 0 Å². The first kappa shape index (κ1) is 16.1. The summed E-state index contributed by atoms with van der Waals surface area (Å²) in [6, 6.07) is 0. The predicted molar refractivity (Wildman–Crippen MR) is 61.1 cm³/mol. The molecule has 0 saturated carbocycles. The molecule has 0 fully saturated rings. The van der Waals surface area contributed by atoms with Crippen LogP contribution in [-0.4, -0.2) is 22.7 Å². The maximum atomic E-state index is 5.09. The van der Waals surface area contributed by atoms with Gasteiger partial charge in [-0.05, 0) is 24.4 Å². The van der Waals surface area contributed by atoms with Gasteiger partial charge >= 0.3 is 0 Å². The molecule has 0 saturated heterocycles. The molecule has 0 heterocycles.